The van der Waals surface area contributed by atoms with Crippen LogP contribution in [-0.4, -0.2) is 44.6 Å². The van der Waals surface area contributed by atoms with Gasteiger partial charge in [0.25, 0.3) is 0 Å². The van der Waals surface area contributed by atoms with Crippen LogP contribution in [0.3, 0.4) is 0 Å². The normalized spacial score (nSPS) is 39.1. The maximum Gasteiger partial charge on any atom is 0.170 e. The smallest absolute Gasteiger partial charge is 0.170 e. The summed E-state index contributed by atoms with van der Waals surface area (Å²) >= 11 is 0. The summed E-state index contributed by atoms with van der Waals surface area (Å²) in [4.78, 5) is 11.9. The molecule has 0 saturated carbocycles. The van der Waals surface area contributed by atoms with Gasteiger partial charge in [0.1, 0.15) is 5.76 Å². The molecule has 0 radical (unpaired) electrons. The van der Waals surface area contributed by atoms with Crippen LogP contribution in [0.4, 0.5) is 0 Å². The molecule has 1 N–H and O–H groups in total. The van der Waals surface area contributed by atoms with E-state index in [1.807, 2.05) is 0 Å². The van der Waals surface area contributed by atoms with E-state index in [-0.39, 0.29) is 19.0 Å². The van der Waals surface area contributed by atoms with Crippen molar-refractivity contribution in [3.63, 3.8) is 0 Å². The number of ketones is 1. The van der Waals surface area contributed by atoms with E-state index in [2.05, 4.69) is 0 Å². The van der Waals surface area contributed by atoms with Gasteiger partial charge >= 0.3 is 0 Å². The highest BCUT2D eigenvalue weighted by molar-refractivity contribution is 5.99. The molecule has 2 rings (SSSR count). The summed E-state index contributed by atoms with van der Waals surface area (Å²) in [6.45, 7) is 0.409. The highest BCUT2D eigenvalue weighted by Crippen LogP contribution is 2.48. The summed E-state index contributed by atoms with van der Waals surface area (Å²) in [5, 5.41) is 9.66. The van der Waals surface area contributed by atoms with Gasteiger partial charge in [0.05, 0.1) is 31.7 Å². The van der Waals surface area contributed by atoms with Crippen molar-refractivity contribution in [1.82, 2.24) is 0 Å². The number of allylic oxidation sites excluding steroid dienone is 1. The van der Waals surface area contributed by atoms with Crippen molar-refractivity contribution in [1.29, 1.82) is 0 Å². The summed E-state index contributed by atoms with van der Waals surface area (Å²) in [5.74, 6) is -0.0558. The minimum atomic E-state index is -0.988. The van der Waals surface area contributed by atoms with Crippen LogP contribution in [0.1, 0.15) is 0 Å². The van der Waals surface area contributed by atoms with Crippen LogP contribution in [0.15, 0.2) is 11.8 Å². The second-order valence-corrected chi connectivity index (χ2v) is 3.88. The third-order valence-corrected chi connectivity index (χ3v) is 3.10. The highest BCUT2D eigenvalue weighted by Gasteiger charge is 2.59. The van der Waals surface area contributed by atoms with Gasteiger partial charge in [-0.15, -0.1) is 0 Å². The van der Waals surface area contributed by atoms with Crippen molar-refractivity contribution >= 4 is 5.78 Å². The first-order valence-electron chi connectivity index (χ1n) is 4.74. The molecule has 5 nitrogen and oxygen atoms in total. The maximum atomic E-state index is 11.9. The van der Waals surface area contributed by atoms with Gasteiger partial charge < -0.3 is 19.3 Å². The summed E-state index contributed by atoms with van der Waals surface area (Å²) in [6, 6.07) is 0. The van der Waals surface area contributed by atoms with Crippen molar-refractivity contribution in [3.05, 3.63) is 11.8 Å². The Labute approximate surface area is 87.6 Å². The first kappa shape index (κ1) is 10.6. The summed E-state index contributed by atoms with van der Waals surface area (Å²) in [6.07, 6.45) is 0.438. The fraction of sp³-hybridized carbons (Fsp3) is 0.700. The number of aliphatic hydroxyl groups is 1. The van der Waals surface area contributed by atoms with Gasteiger partial charge in [0, 0.05) is 13.2 Å². The van der Waals surface area contributed by atoms with E-state index in [0.717, 1.165) is 0 Å². The van der Waals surface area contributed by atoms with Crippen LogP contribution in [-0.2, 0) is 19.0 Å². The summed E-state index contributed by atoms with van der Waals surface area (Å²) in [5.41, 5.74) is -0.792. The summed E-state index contributed by atoms with van der Waals surface area (Å²) < 4.78 is 15.2. The summed E-state index contributed by atoms with van der Waals surface area (Å²) in [7, 11) is 3.00. The molecule has 0 aromatic rings. The molecule has 1 aliphatic carbocycles. The Morgan fingerprint density at radius 1 is 1.67 bits per heavy atom. The molecule has 15 heavy (non-hydrogen) atoms. The zero-order chi connectivity index (χ0) is 11.1. The molecule has 0 amide bonds. The fourth-order valence-corrected chi connectivity index (χ4v) is 2.34. The fourth-order valence-electron chi connectivity index (χ4n) is 2.34. The number of hydrogen-bond acceptors (Lipinski definition) is 5. The van der Waals surface area contributed by atoms with Gasteiger partial charge in [-0.3, -0.25) is 4.79 Å². The van der Waals surface area contributed by atoms with Crippen LogP contribution in [0, 0.1) is 11.3 Å². The quantitative estimate of drug-likeness (QED) is 0.698. The van der Waals surface area contributed by atoms with Crippen LogP contribution in [0.2, 0.25) is 0 Å². The lowest BCUT2D eigenvalue weighted by Crippen LogP contribution is -2.39. The van der Waals surface area contributed by atoms with Crippen LogP contribution >= 0.6 is 0 Å². The van der Waals surface area contributed by atoms with Crippen LogP contribution in [0.5, 0.6) is 0 Å². The maximum absolute atomic E-state index is 11.9. The molecule has 1 fully saturated rings. The number of fused-ring (bicyclic) bond motifs is 1. The van der Waals surface area contributed by atoms with Crippen molar-refractivity contribution in [3.8, 4) is 0 Å². The van der Waals surface area contributed by atoms with Gasteiger partial charge in [-0.2, -0.15) is 0 Å². The Morgan fingerprint density at radius 2 is 2.40 bits per heavy atom. The van der Waals surface area contributed by atoms with Crippen LogP contribution < -0.4 is 0 Å². The van der Waals surface area contributed by atoms with Gasteiger partial charge in [0.15, 0.2) is 12.1 Å². The predicted molar refractivity (Wildman–Crippen MR) is 49.9 cm³/mol. The number of rotatable bonds is 3. The topological polar surface area (TPSA) is 65.0 Å². The molecule has 0 spiro atoms. The lowest BCUT2D eigenvalue weighted by Gasteiger charge is -2.26. The molecule has 0 aromatic heterocycles. The van der Waals surface area contributed by atoms with Gasteiger partial charge in [-0.1, -0.05) is 0 Å². The van der Waals surface area contributed by atoms with Gasteiger partial charge in [-0.25, -0.2) is 0 Å². The zero-order valence-electron chi connectivity index (χ0n) is 8.73. The molecule has 0 bridgehead atoms. The Bertz CT molecular complexity index is 307. The SMILES string of the molecule is COCC12COC(O)C1C(OC)=CC2=O. The van der Waals surface area contributed by atoms with Gasteiger partial charge in [-0.05, 0) is 0 Å². The second kappa shape index (κ2) is 3.59. The lowest BCUT2D eigenvalue weighted by atomic mass is 9.79. The molecule has 84 valence electrons. The number of hydrogen-bond donors (Lipinski definition) is 1. The molecule has 0 aromatic carbocycles. The van der Waals surface area contributed by atoms with E-state index in [4.69, 9.17) is 14.2 Å². The highest BCUT2D eigenvalue weighted by atomic mass is 16.6. The van der Waals surface area contributed by atoms with E-state index >= 15 is 0 Å². The molecular weight excluding hydrogens is 200 g/mol. The molecule has 3 unspecified atom stereocenters. The molecule has 1 aliphatic heterocycles. The largest absolute Gasteiger partial charge is 0.500 e. The van der Waals surface area contributed by atoms with E-state index in [1.54, 1.807) is 0 Å². The zero-order valence-corrected chi connectivity index (χ0v) is 8.73. The number of aliphatic hydroxyl groups excluding tert-OH is 1. The number of carbonyl (C=O) groups excluding carboxylic acids is 1. The second-order valence-electron chi connectivity index (χ2n) is 3.88. The average Bonchev–Trinajstić information content (AvgIpc) is 2.67. The van der Waals surface area contributed by atoms with E-state index < -0.39 is 17.6 Å². The minimum absolute atomic E-state index is 0.0947. The Balaban J connectivity index is 2.35. The standard InChI is InChI=1S/C10H14O5/c1-13-4-10-5-15-9(12)8(10)6(14-2)3-7(10)11/h3,8-9,12H,4-5H2,1-2H3. The van der Waals surface area contributed by atoms with Crippen molar-refractivity contribution in [2.45, 2.75) is 6.29 Å². The lowest BCUT2D eigenvalue weighted by molar-refractivity contribution is -0.127. The Kier molecular flexibility index (Phi) is 2.54. The average molecular weight is 214 g/mol. The van der Waals surface area contributed by atoms with E-state index in [0.29, 0.717) is 5.76 Å². The molecule has 1 heterocycles. The van der Waals surface area contributed by atoms with Crippen molar-refractivity contribution < 1.29 is 24.1 Å². The first-order valence-corrected chi connectivity index (χ1v) is 4.74. The third-order valence-electron chi connectivity index (χ3n) is 3.10. The monoisotopic (exact) mass is 214 g/mol. The Hall–Kier alpha value is -0.910. The number of methoxy groups -OCH3 is 2. The third kappa shape index (κ3) is 1.31. The molecule has 2 aliphatic rings. The van der Waals surface area contributed by atoms with Gasteiger partial charge in [0.2, 0.25) is 0 Å². The van der Waals surface area contributed by atoms with Crippen molar-refractivity contribution in [2.24, 2.45) is 11.3 Å². The predicted octanol–water partition coefficient (Wildman–Crippen LogP) is -0.303. The molecule has 1 saturated heterocycles. The molecule has 5 heteroatoms. The van der Waals surface area contributed by atoms with Crippen LogP contribution in [0.25, 0.3) is 0 Å². The number of ether oxygens (including phenoxy) is 3. The Morgan fingerprint density at radius 3 is 3.00 bits per heavy atom. The molecule has 3 atom stereocenters. The van der Waals surface area contributed by atoms with E-state index in [1.165, 1.54) is 20.3 Å². The first-order chi connectivity index (χ1) is 7.15. The van der Waals surface area contributed by atoms with E-state index in [9.17, 15) is 9.90 Å². The van der Waals surface area contributed by atoms with Crippen molar-refractivity contribution in [2.75, 3.05) is 27.4 Å². The minimum Gasteiger partial charge on any atom is -0.500 e. The number of carbonyl (C=O) groups is 1. The molecular formula is C10H14O5.